The minimum Gasteiger partial charge on any atom is -1.00 e. The molecule has 5 nitrogen and oxygen atoms in total. The van der Waals surface area contributed by atoms with Crippen LogP contribution in [0.15, 0.2) is 24.3 Å². The van der Waals surface area contributed by atoms with E-state index >= 15 is 0 Å². The predicted molar refractivity (Wildman–Crippen MR) is 71.7 cm³/mol. The summed E-state index contributed by atoms with van der Waals surface area (Å²) >= 11 is 0. The van der Waals surface area contributed by atoms with Crippen molar-refractivity contribution >= 4 is 33.4 Å². The first-order chi connectivity index (χ1) is 11.6. The number of nitrogens with zero attached hydrogens (tertiary/aromatic N) is 1. The van der Waals surface area contributed by atoms with E-state index in [-0.39, 0.29) is 31.5 Å². The van der Waals surface area contributed by atoms with Crippen LogP contribution < -0.4 is 18.9 Å². The Morgan fingerprint density at radius 1 is 0.786 bits per heavy atom. The van der Waals surface area contributed by atoms with Gasteiger partial charge in [-0.05, 0) is 12.1 Å². The number of rotatable bonds is 2. The average Bonchev–Trinajstić information content (AvgIpc) is 2.32. The van der Waals surface area contributed by atoms with Crippen LogP contribution in [0, 0.1) is 10.1 Å². The Hall–Kier alpha value is -1.96. The molecule has 1 aromatic carbocycles. The van der Waals surface area contributed by atoms with Crippen LogP contribution in [-0.2, 0) is 0 Å². The maximum Gasteiger partial charge on any atom is 1.00 e. The molecule has 0 unspecified atom stereocenters. The van der Waals surface area contributed by atoms with Crippen LogP contribution in [0.1, 0.15) is 11.8 Å². The Labute approximate surface area is 161 Å². The number of hydrogen-bond acceptors (Lipinski definition) is 3. The van der Waals surface area contributed by atoms with Crippen LogP contribution in [0.4, 0.5) is 57.5 Å². The number of carboxylic acids is 1. The number of nitro benzene ring substituents is 1. The van der Waals surface area contributed by atoms with Crippen LogP contribution in [0.3, 0.4) is 0 Å². The fourth-order valence-electron chi connectivity index (χ4n) is 0.726. The number of aromatic carboxylic acids is 1. The SMILES string of the molecule is F[B-](F)(F)F.F[B-](F)(F)F.F[B-](F)(F)F.O=C(O)c1ccc([N+](=O)[O-])cc1.[H-].[Li+]. The van der Waals surface area contributed by atoms with Crippen molar-refractivity contribution in [2.24, 2.45) is 0 Å². The van der Waals surface area contributed by atoms with Crippen LogP contribution >= 0.6 is 0 Å². The molecule has 0 fully saturated rings. The molecule has 21 heteroatoms. The summed E-state index contributed by atoms with van der Waals surface area (Å²) in [6.45, 7) is 0. The van der Waals surface area contributed by atoms with E-state index in [1.807, 2.05) is 0 Å². The summed E-state index contributed by atoms with van der Waals surface area (Å²) in [5.74, 6) is -1.09. The van der Waals surface area contributed by atoms with Crippen molar-refractivity contribution in [3.05, 3.63) is 39.9 Å². The van der Waals surface area contributed by atoms with E-state index in [2.05, 4.69) is 0 Å². The summed E-state index contributed by atoms with van der Waals surface area (Å²) in [6, 6.07) is 4.70. The molecule has 0 aliphatic rings. The van der Waals surface area contributed by atoms with Gasteiger partial charge in [0.2, 0.25) is 0 Å². The van der Waals surface area contributed by atoms with Crippen LogP contribution in [0.25, 0.3) is 0 Å². The average molecular weight is 435 g/mol. The first-order valence-corrected chi connectivity index (χ1v) is 5.71. The van der Waals surface area contributed by atoms with Gasteiger partial charge in [0.1, 0.15) is 0 Å². The maximum atomic E-state index is 10.3. The van der Waals surface area contributed by atoms with Gasteiger partial charge in [0, 0.05) is 12.1 Å². The van der Waals surface area contributed by atoms with Crippen molar-refractivity contribution in [1.82, 2.24) is 0 Å². The first kappa shape index (κ1) is 33.6. The van der Waals surface area contributed by atoms with Crippen molar-refractivity contribution in [2.75, 3.05) is 0 Å². The molecule has 0 spiro atoms. The molecule has 1 N–H and O–H groups in total. The number of non-ortho nitro benzene ring substituents is 1. The van der Waals surface area contributed by atoms with E-state index in [0.29, 0.717) is 0 Å². The van der Waals surface area contributed by atoms with E-state index in [4.69, 9.17) is 5.11 Å². The fraction of sp³-hybridized carbons (Fsp3) is 0. The molecule has 0 aliphatic carbocycles. The van der Waals surface area contributed by atoms with Crippen LogP contribution in [-0.4, -0.2) is 37.8 Å². The third-order valence-corrected chi connectivity index (χ3v) is 1.33. The van der Waals surface area contributed by atoms with E-state index < -0.39 is 32.7 Å². The van der Waals surface area contributed by atoms with Crippen molar-refractivity contribution in [2.45, 2.75) is 0 Å². The van der Waals surface area contributed by atoms with Gasteiger partial charge in [-0.1, -0.05) is 0 Å². The topological polar surface area (TPSA) is 80.4 Å². The molecule has 0 aromatic heterocycles. The van der Waals surface area contributed by atoms with Crippen molar-refractivity contribution in [3.8, 4) is 0 Å². The molecule has 28 heavy (non-hydrogen) atoms. The normalized spacial score (nSPS) is 10.4. The largest absolute Gasteiger partial charge is 1.00 e. The van der Waals surface area contributed by atoms with Gasteiger partial charge in [0.05, 0.1) is 10.5 Å². The molecule has 1 aromatic rings. The standard InChI is InChI=1S/C7H5NO4.3BF4.Li.H/c9-7(10)5-1-3-6(4-2-5)8(11)12;3*2-1(3,4)5;;/h1-4H,(H,9,10);;;;;/q;3*-1;+1;-1. The Balaban J connectivity index is -0.0000000965. The Morgan fingerprint density at radius 2 is 1.00 bits per heavy atom. The zero-order valence-corrected chi connectivity index (χ0v) is 13.2. The van der Waals surface area contributed by atoms with Crippen LogP contribution in [0.5, 0.6) is 0 Å². The zero-order chi connectivity index (χ0) is 22.6. The molecule has 0 saturated heterocycles. The van der Waals surface area contributed by atoms with Crippen molar-refractivity contribution in [1.29, 1.82) is 0 Å². The summed E-state index contributed by atoms with van der Waals surface area (Å²) in [5, 5.41) is 18.6. The van der Waals surface area contributed by atoms with E-state index in [1.54, 1.807) is 0 Å². The predicted octanol–water partition coefficient (Wildman–Crippen LogP) is 2.31. The third-order valence-electron chi connectivity index (χ3n) is 1.33. The van der Waals surface area contributed by atoms with Gasteiger partial charge in [0.15, 0.2) is 0 Å². The maximum absolute atomic E-state index is 10.3. The van der Waals surface area contributed by atoms with Gasteiger partial charge >= 0.3 is 46.6 Å². The Morgan fingerprint density at radius 3 is 1.14 bits per heavy atom. The van der Waals surface area contributed by atoms with Crippen LogP contribution in [0.2, 0.25) is 0 Å². The third kappa shape index (κ3) is 49.6. The van der Waals surface area contributed by atoms with Gasteiger partial charge in [-0.25, -0.2) is 4.79 Å². The zero-order valence-electron chi connectivity index (χ0n) is 14.2. The van der Waals surface area contributed by atoms with Gasteiger partial charge in [-0.3, -0.25) is 10.1 Å². The summed E-state index contributed by atoms with van der Waals surface area (Å²) in [6.07, 6.45) is 0. The molecule has 0 atom stereocenters. The number of nitro groups is 1. The Bertz CT molecular complexity index is 505. The number of carboxylic acid groups (broad SMARTS) is 1. The smallest absolute Gasteiger partial charge is 1.00 e. The second-order valence-electron chi connectivity index (χ2n) is 3.59. The molecule has 160 valence electrons. The van der Waals surface area contributed by atoms with Gasteiger partial charge in [0.25, 0.3) is 5.69 Å². The minimum atomic E-state index is -6.00. The second kappa shape index (κ2) is 14.1. The second-order valence-corrected chi connectivity index (χ2v) is 3.59. The quantitative estimate of drug-likeness (QED) is 0.335. The summed E-state index contributed by atoms with van der Waals surface area (Å²) in [5.41, 5.74) is -0.0689. The monoisotopic (exact) mass is 436 g/mol. The number of halogens is 12. The first-order valence-electron chi connectivity index (χ1n) is 5.71. The summed E-state index contributed by atoms with van der Waals surface area (Å²) < 4.78 is 117. The summed E-state index contributed by atoms with van der Waals surface area (Å²) in [4.78, 5) is 19.9. The van der Waals surface area contributed by atoms with E-state index in [1.165, 1.54) is 12.1 Å². The van der Waals surface area contributed by atoms with Gasteiger partial charge in [-0.2, -0.15) is 0 Å². The number of benzene rings is 1. The summed E-state index contributed by atoms with van der Waals surface area (Å²) in [7, 11) is -18.0. The molecular formula is C7H6B3F12LiNO4-3. The number of carbonyl (C=O) groups is 1. The molecule has 0 amide bonds. The molecular weight excluding hydrogens is 429 g/mol. The molecule has 0 bridgehead atoms. The molecule has 0 radical (unpaired) electrons. The molecule has 0 saturated carbocycles. The van der Waals surface area contributed by atoms with Crippen molar-refractivity contribution in [3.63, 3.8) is 0 Å². The number of hydrogen-bond donors (Lipinski definition) is 1. The van der Waals surface area contributed by atoms with E-state index in [9.17, 15) is 66.7 Å². The molecule has 1 rings (SSSR count). The van der Waals surface area contributed by atoms with Gasteiger partial charge in [-0.15, -0.1) is 0 Å². The van der Waals surface area contributed by atoms with E-state index in [0.717, 1.165) is 12.1 Å². The minimum absolute atomic E-state index is 0. The molecule has 0 heterocycles. The Kier molecular flexibility index (Phi) is 16.9. The fourth-order valence-corrected chi connectivity index (χ4v) is 0.726. The van der Waals surface area contributed by atoms with Crippen molar-refractivity contribution < 1.29 is 86.9 Å². The molecule has 0 aliphatic heterocycles. The van der Waals surface area contributed by atoms with Gasteiger partial charge < -0.3 is 58.3 Å².